The van der Waals surface area contributed by atoms with E-state index >= 15 is 0 Å². The van der Waals surface area contributed by atoms with Crippen molar-refractivity contribution >= 4 is 21.4 Å². The topological polar surface area (TPSA) is 114 Å². The van der Waals surface area contributed by atoms with E-state index in [1.807, 2.05) is 0 Å². The van der Waals surface area contributed by atoms with E-state index < -0.39 is 10.0 Å². The van der Waals surface area contributed by atoms with Crippen molar-refractivity contribution in [3.8, 4) is 0 Å². The Bertz CT molecular complexity index is 567. The monoisotopic (exact) mass is 284 g/mol. The molecule has 0 aliphatic carbocycles. The van der Waals surface area contributed by atoms with Gasteiger partial charge >= 0.3 is 0 Å². The fraction of sp³-hybridized carbons (Fsp3) is 0.455. The summed E-state index contributed by atoms with van der Waals surface area (Å²) in [5.74, 6) is 0. The van der Waals surface area contributed by atoms with E-state index in [-0.39, 0.29) is 16.6 Å². The lowest BCUT2D eigenvalue weighted by atomic mass is 10.1. The fourth-order valence-electron chi connectivity index (χ4n) is 2.07. The third-order valence-corrected chi connectivity index (χ3v) is 4.01. The molecule has 1 heterocycles. The Hall–Kier alpha value is -1.51. The normalized spacial score (nSPS) is 17.1. The van der Waals surface area contributed by atoms with Crippen LogP contribution >= 0.6 is 0 Å². The van der Waals surface area contributed by atoms with E-state index in [1.54, 1.807) is 0 Å². The Morgan fingerprint density at radius 2 is 2.00 bits per heavy atom. The Labute approximate surface area is 111 Å². The lowest BCUT2D eigenvalue weighted by Crippen LogP contribution is -2.35. The summed E-state index contributed by atoms with van der Waals surface area (Å²) in [6, 6.07) is 4.33. The first-order valence-electron chi connectivity index (χ1n) is 5.98. The summed E-state index contributed by atoms with van der Waals surface area (Å²) in [4.78, 5) is 10.7. The van der Waals surface area contributed by atoms with Crippen molar-refractivity contribution in [3.05, 3.63) is 23.1 Å². The highest BCUT2D eigenvalue weighted by molar-refractivity contribution is 7.89. The molecule has 0 saturated carbocycles. The number of piperidine rings is 1. The number of nitrogens with zero attached hydrogens (tertiary/aromatic N) is 1. The lowest BCUT2D eigenvalue weighted by molar-refractivity contribution is 0.479. The van der Waals surface area contributed by atoms with Crippen LogP contribution in [0.3, 0.4) is 0 Å². The van der Waals surface area contributed by atoms with Crippen molar-refractivity contribution in [3.63, 3.8) is 0 Å². The molecule has 1 saturated heterocycles. The molecule has 104 valence electrons. The Balaban J connectivity index is 2.23. The number of nitrogens with two attached hydrogens (primary N) is 1. The molecule has 8 heteroatoms. The van der Waals surface area contributed by atoms with Crippen LogP contribution < -0.4 is 15.8 Å². The van der Waals surface area contributed by atoms with Gasteiger partial charge in [0, 0.05) is 6.04 Å². The lowest BCUT2D eigenvalue weighted by Gasteiger charge is -2.25. The van der Waals surface area contributed by atoms with Crippen molar-refractivity contribution < 1.29 is 8.42 Å². The summed E-state index contributed by atoms with van der Waals surface area (Å²) >= 11 is 0. The number of hydrogen-bond donors (Lipinski definition) is 3. The van der Waals surface area contributed by atoms with Crippen LogP contribution in [0.25, 0.3) is 0 Å². The summed E-state index contributed by atoms with van der Waals surface area (Å²) < 4.78 is 22.4. The maximum absolute atomic E-state index is 11.2. The van der Waals surface area contributed by atoms with Gasteiger partial charge in [0.25, 0.3) is 0 Å². The number of anilines is 1. The molecule has 0 spiro atoms. The van der Waals surface area contributed by atoms with Crippen LogP contribution in [-0.2, 0) is 10.0 Å². The molecule has 19 heavy (non-hydrogen) atoms. The molecule has 0 radical (unpaired) electrons. The van der Waals surface area contributed by atoms with Crippen LogP contribution in [0.15, 0.2) is 28.3 Å². The Morgan fingerprint density at radius 1 is 1.32 bits per heavy atom. The highest BCUT2D eigenvalue weighted by Gasteiger charge is 2.16. The van der Waals surface area contributed by atoms with Crippen molar-refractivity contribution in [2.24, 2.45) is 10.3 Å². The standard InChI is InChI=1S/C11H16N4O3S/c12-19(17,18)9-1-2-10(11(7-9)15-16)14-8-3-5-13-6-4-8/h1-2,7-8,13-14H,3-6H2,(H2,12,17,18). The number of nitrogens with one attached hydrogen (secondary N) is 2. The highest BCUT2D eigenvalue weighted by atomic mass is 32.2. The third-order valence-electron chi connectivity index (χ3n) is 3.09. The molecule has 0 atom stereocenters. The van der Waals surface area contributed by atoms with Crippen LogP contribution in [0.1, 0.15) is 12.8 Å². The second-order valence-electron chi connectivity index (χ2n) is 4.48. The van der Waals surface area contributed by atoms with Gasteiger partial charge in [-0.3, -0.25) is 0 Å². The molecule has 0 amide bonds. The zero-order valence-corrected chi connectivity index (χ0v) is 11.1. The number of benzene rings is 1. The Morgan fingerprint density at radius 3 is 2.58 bits per heavy atom. The van der Waals surface area contributed by atoms with Crippen molar-refractivity contribution in [2.45, 2.75) is 23.8 Å². The maximum atomic E-state index is 11.2. The number of rotatable bonds is 4. The van der Waals surface area contributed by atoms with E-state index in [1.165, 1.54) is 18.2 Å². The van der Waals surface area contributed by atoms with Crippen LogP contribution in [0.2, 0.25) is 0 Å². The first-order chi connectivity index (χ1) is 9.00. The zero-order chi connectivity index (χ0) is 13.9. The number of nitroso groups, excluding NO2 is 1. The van der Waals surface area contributed by atoms with Gasteiger partial charge < -0.3 is 10.6 Å². The molecule has 2 rings (SSSR count). The molecule has 7 nitrogen and oxygen atoms in total. The summed E-state index contributed by atoms with van der Waals surface area (Å²) in [7, 11) is -3.82. The minimum absolute atomic E-state index is 0.0602. The van der Waals surface area contributed by atoms with Gasteiger partial charge in [-0.05, 0) is 49.3 Å². The molecule has 4 N–H and O–H groups in total. The van der Waals surface area contributed by atoms with Crippen molar-refractivity contribution in [1.29, 1.82) is 0 Å². The van der Waals surface area contributed by atoms with Crippen LogP contribution in [0.5, 0.6) is 0 Å². The minimum Gasteiger partial charge on any atom is -0.380 e. The Kier molecular flexibility index (Phi) is 4.13. The fourth-order valence-corrected chi connectivity index (χ4v) is 2.61. The molecule has 1 aromatic carbocycles. The largest absolute Gasteiger partial charge is 0.380 e. The van der Waals surface area contributed by atoms with Gasteiger partial charge in [0.1, 0.15) is 5.69 Å². The number of primary sulfonamides is 1. The SMILES string of the molecule is NS(=O)(=O)c1ccc(NC2CCNCC2)c(N=O)c1. The van der Waals surface area contributed by atoms with Crippen LogP contribution in [0, 0.1) is 4.91 Å². The summed E-state index contributed by atoms with van der Waals surface area (Å²) in [5, 5.41) is 14.3. The summed E-state index contributed by atoms with van der Waals surface area (Å²) in [6.07, 6.45) is 1.88. The molecular formula is C11H16N4O3S. The zero-order valence-electron chi connectivity index (χ0n) is 10.3. The molecular weight excluding hydrogens is 268 g/mol. The molecule has 0 unspecified atom stereocenters. The minimum atomic E-state index is -3.82. The first kappa shape index (κ1) is 13.9. The van der Waals surface area contributed by atoms with Gasteiger partial charge in [0.2, 0.25) is 10.0 Å². The quantitative estimate of drug-likeness (QED) is 0.711. The average molecular weight is 284 g/mol. The predicted octanol–water partition coefficient (Wildman–Crippen LogP) is 0.896. The van der Waals surface area contributed by atoms with Gasteiger partial charge in [0.15, 0.2) is 0 Å². The molecule has 1 aliphatic heterocycles. The van der Waals surface area contributed by atoms with Gasteiger partial charge in [-0.2, -0.15) is 0 Å². The molecule has 0 bridgehead atoms. The molecule has 1 aliphatic rings. The maximum Gasteiger partial charge on any atom is 0.238 e. The molecule has 1 fully saturated rings. The van der Waals surface area contributed by atoms with Gasteiger partial charge in [-0.1, -0.05) is 0 Å². The first-order valence-corrected chi connectivity index (χ1v) is 7.53. The van der Waals surface area contributed by atoms with E-state index in [0.717, 1.165) is 25.9 Å². The van der Waals surface area contributed by atoms with Crippen LogP contribution in [0.4, 0.5) is 11.4 Å². The predicted molar refractivity (Wildman–Crippen MR) is 72.8 cm³/mol. The van der Waals surface area contributed by atoms with E-state index in [9.17, 15) is 13.3 Å². The third kappa shape index (κ3) is 3.49. The van der Waals surface area contributed by atoms with Gasteiger partial charge in [0.05, 0.1) is 10.6 Å². The summed E-state index contributed by atoms with van der Waals surface area (Å²) in [5.41, 5.74) is 0.597. The number of sulfonamides is 1. The smallest absolute Gasteiger partial charge is 0.238 e. The van der Waals surface area contributed by atoms with E-state index in [2.05, 4.69) is 15.8 Å². The van der Waals surface area contributed by atoms with Gasteiger partial charge in [-0.25, -0.2) is 13.6 Å². The second-order valence-corrected chi connectivity index (χ2v) is 6.05. The van der Waals surface area contributed by atoms with Crippen molar-refractivity contribution in [2.75, 3.05) is 18.4 Å². The van der Waals surface area contributed by atoms with Crippen LogP contribution in [-0.4, -0.2) is 27.5 Å². The average Bonchev–Trinajstić information content (AvgIpc) is 2.39. The second kappa shape index (κ2) is 5.64. The molecule has 1 aromatic rings. The van der Waals surface area contributed by atoms with Crippen molar-refractivity contribution in [1.82, 2.24) is 5.32 Å². The van der Waals surface area contributed by atoms with E-state index in [0.29, 0.717) is 5.69 Å². The number of hydrogen-bond acceptors (Lipinski definition) is 6. The summed E-state index contributed by atoms with van der Waals surface area (Å²) in [6.45, 7) is 1.83. The highest BCUT2D eigenvalue weighted by Crippen LogP contribution is 2.29. The molecule has 0 aromatic heterocycles. The van der Waals surface area contributed by atoms with Gasteiger partial charge in [-0.15, -0.1) is 4.91 Å². The van der Waals surface area contributed by atoms with E-state index in [4.69, 9.17) is 5.14 Å².